The molecule has 0 aromatic heterocycles. The van der Waals surface area contributed by atoms with Crippen LogP contribution in [0.1, 0.15) is 12.5 Å². The van der Waals surface area contributed by atoms with Crippen molar-refractivity contribution in [3.05, 3.63) is 23.8 Å². The Hall–Kier alpha value is -1.52. The summed E-state index contributed by atoms with van der Waals surface area (Å²) in [5.74, 6) is 0.492. The highest BCUT2D eigenvalue weighted by Gasteiger charge is 2.29. The average molecular weight is 327 g/mol. The van der Waals surface area contributed by atoms with Crippen molar-refractivity contribution in [1.29, 1.82) is 0 Å². The summed E-state index contributed by atoms with van der Waals surface area (Å²) in [4.78, 5) is 0. The molecule has 0 atom stereocenters. The summed E-state index contributed by atoms with van der Waals surface area (Å²) >= 11 is 0. The van der Waals surface area contributed by atoms with Crippen molar-refractivity contribution < 1.29 is 26.3 Å². The fourth-order valence-electron chi connectivity index (χ4n) is 1.47. The van der Waals surface area contributed by atoms with Gasteiger partial charge in [-0.1, -0.05) is 0 Å². The Morgan fingerprint density at radius 1 is 1.33 bits per heavy atom. The normalized spacial score (nSPS) is 12.2. The minimum Gasteiger partial charge on any atom is -0.494 e. The van der Waals surface area contributed by atoms with Crippen molar-refractivity contribution in [3.63, 3.8) is 0 Å². The van der Waals surface area contributed by atoms with E-state index in [2.05, 4.69) is 0 Å². The highest BCUT2D eigenvalue weighted by atomic mass is 32.2. The molecular formula is C11H16F3N3O3S. The van der Waals surface area contributed by atoms with Crippen LogP contribution in [-0.4, -0.2) is 27.7 Å². The third-order valence-corrected chi connectivity index (χ3v) is 3.32. The van der Waals surface area contributed by atoms with E-state index in [9.17, 15) is 21.6 Å². The van der Waals surface area contributed by atoms with Gasteiger partial charge in [0.2, 0.25) is 0 Å². The Morgan fingerprint density at radius 3 is 2.52 bits per heavy atom. The van der Waals surface area contributed by atoms with Crippen molar-refractivity contribution in [3.8, 4) is 5.75 Å². The number of rotatable bonds is 7. The summed E-state index contributed by atoms with van der Waals surface area (Å²) < 4.78 is 67.6. The highest BCUT2D eigenvalue weighted by molar-refractivity contribution is 7.90. The molecule has 0 unspecified atom stereocenters. The second-order valence-electron chi connectivity index (χ2n) is 4.00. The molecule has 6 nitrogen and oxygen atoms in total. The molecule has 0 aliphatic rings. The van der Waals surface area contributed by atoms with Gasteiger partial charge in [-0.05, 0) is 25.1 Å². The molecule has 120 valence electrons. The molecule has 0 fully saturated rings. The molecule has 21 heavy (non-hydrogen) atoms. The zero-order valence-electron chi connectivity index (χ0n) is 11.2. The van der Waals surface area contributed by atoms with Gasteiger partial charge in [-0.2, -0.15) is 26.3 Å². The Kier molecular flexibility index (Phi) is 5.81. The summed E-state index contributed by atoms with van der Waals surface area (Å²) in [7, 11) is -4.32. The van der Waals surface area contributed by atoms with E-state index in [1.165, 1.54) is 22.9 Å². The van der Waals surface area contributed by atoms with Crippen LogP contribution < -0.4 is 19.9 Å². The molecule has 0 heterocycles. The Morgan fingerprint density at radius 2 is 2.00 bits per heavy atom. The molecule has 0 saturated carbocycles. The largest absolute Gasteiger partial charge is 0.494 e. The third kappa shape index (κ3) is 6.19. The molecule has 0 spiro atoms. The summed E-state index contributed by atoms with van der Waals surface area (Å²) in [6, 6.07) is 4.27. The van der Waals surface area contributed by atoms with Gasteiger partial charge in [0.15, 0.2) is 0 Å². The number of anilines is 1. The summed E-state index contributed by atoms with van der Waals surface area (Å²) in [5.41, 5.74) is 6.13. The number of nitrogens with one attached hydrogen (secondary N) is 2. The number of hydrogen-bond donors (Lipinski definition) is 3. The van der Waals surface area contributed by atoms with Gasteiger partial charge >= 0.3 is 6.18 Å². The standard InChI is InChI=1S/C11H16F3N3O3S/c1-2-20-10-4-3-9(5-8(10)6-15)17-21(18,19)16-7-11(12,13)14/h3-5,16-17H,2,6-7,15H2,1H3. The number of ether oxygens (including phenoxy) is 1. The average Bonchev–Trinajstić information content (AvgIpc) is 2.37. The van der Waals surface area contributed by atoms with Crippen LogP contribution in [0.15, 0.2) is 18.2 Å². The van der Waals surface area contributed by atoms with Crippen molar-refractivity contribution >= 4 is 15.9 Å². The Bertz CT molecular complexity index is 576. The van der Waals surface area contributed by atoms with Gasteiger partial charge in [0.25, 0.3) is 10.2 Å². The van der Waals surface area contributed by atoms with Crippen LogP contribution in [-0.2, 0) is 16.8 Å². The molecule has 1 aromatic rings. The molecule has 0 aliphatic heterocycles. The fourth-order valence-corrected chi connectivity index (χ4v) is 2.33. The first-order chi connectivity index (χ1) is 9.67. The van der Waals surface area contributed by atoms with Gasteiger partial charge in [-0.25, -0.2) is 0 Å². The summed E-state index contributed by atoms with van der Waals surface area (Å²) in [5, 5.41) is 0. The molecule has 4 N–H and O–H groups in total. The highest BCUT2D eigenvalue weighted by Crippen LogP contribution is 2.23. The van der Waals surface area contributed by atoms with E-state index < -0.39 is 22.9 Å². The van der Waals surface area contributed by atoms with Crippen LogP contribution in [0.2, 0.25) is 0 Å². The maximum atomic E-state index is 12.0. The lowest BCUT2D eigenvalue weighted by molar-refractivity contribution is -0.121. The maximum absolute atomic E-state index is 12.0. The maximum Gasteiger partial charge on any atom is 0.402 e. The molecule has 0 radical (unpaired) electrons. The number of halogens is 3. The minimum atomic E-state index is -4.63. The van der Waals surface area contributed by atoms with Gasteiger partial charge in [0, 0.05) is 12.1 Å². The molecule has 0 saturated heterocycles. The molecule has 1 aromatic carbocycles. The second-order valence-corrected chi connectivity index (χ2v) is 5.50. The van der Waals surface area contributed by atoms with E-state index in [1.54, 1.807) is 6.92 Å². The molecule has 0 bridgehead atoms. The fraction of sp³-hybridized carbons (Fsp3) is 0.455. The van der Waals surface area contributed by atoms with Gasteiger partial charge in [0.05, 0.1) is 12.3 Å². The quantitative estimate of drug-likeness (QED) is 0.705. The monoisotopic (exact) mass is 327 g/mol. The summed E-state index contributed by atoms with van der Waals surface area (Å²) in [6.07, 6.45) is -4.63. The molecule has 0 amide bonds. The first-order valence-electron chi connectivity index (χ1n) is 5.97. The molecular weight excluding hydrogens is 311 g/mol. The SMILES string of the molecule is CCOc1ccc(NS(=O)(=O)NCC(F)(F)F)cc1CN. The zero-order valence-corrected chi connectivity index (χ0v) is 12.0. The number of alkyl halides is 3. The Labute approximate surface area is 120 Å². The topological polar surface area (TPSA) is 93.4 Å². The van der Waals surface area contributed by atoms with Crippen LogP contribution in [0.25, 0.3) is 0 Å². The van der Waals surface area contributed by atoms with Gasteiger partial charge in [0.1, 0.15) is 12.3 Å². The first kappa shape index (κ1) is 17.5. The predicted molar refractivity (Wildman–Crippen MR) is 72.1 cm³/mol. The number of nitrogens with two attached hydrogens (primary N) is 1. The zero-order chi connectivity index (χ0) is 16.1. The van der Waals surface area contributed by atoms with E-state index in [0.717, 1.165) is 0 Å². The van der Waals surface area contributed by atoms with Gasteiger partial charge in [-0.3, -0.25) is 4.72 Å². The van der Waals surface area contributed by atoms with Crippen molar-refractivity contribution in [2.75, 3.05) is 17.9 Å². The number of hydrogen-bond acceptors (Lipinski definition) is 4. The predicted octanol–water partition coefficient (Wildman–Crippen LogP) is 1.35. The van der Waals surface area contributed by atoms with Crippen LogP contribution in [0.5, 0.6) is 5.75 Å². The second kappa shape index (κ2) is 6.96. The van der Waals surface area contributed by atoms with E-state index in [4.69, 9.17) is 10.5 Å². The minimum absolute atomic E-state index is 0.0913. The lowest BCUT2D eigenvalue weighted by atomic mass is 10.2. The lowest BCUT2D eigenvalue weighted by Gasteiger charge is -2.13. The van der Waals surface area contributed by atoms with E-state index in [1.807, 2.05) is 4.72 Å². The first-order valence-corrected chi connectivity index (χ1v) is 7.45. The van der Waals surface area contributed by atoms with Gasteiger partial charge in [-0.15, -0.1) is 0 Å². The van der Waals surface area contributed by atoms with Gasteiger partial charge < -0.3 is 10.5 Å². The Balaban J connectivity index is 2.82. The number of benzene rings is 1. The van der Waals surface area contributed by atoms with Crippen LogP contribution >= 0.6 is 0 Å². The van der Waals surface area contributed by atoms with Crippen LogP contribution in [0.3, 0.4) is 0 Å². The lowest BCUT2D eigenvalue weighted by Crippen LogP contribution is -2.37. The van der Waals surface area contributed by atoms with Crippen molar-refractivity contribution in [1.82, 2.24) is 4.72 Å². The van der Waals surface area contributed by atoms with E-state index in [0.29, 0.717) is 17.9 Å². The molecule has 10 heteroatoms. The van der Waals surface area contributed by atoms with Crippen molar-refractivity contribution in [2.24, 2.45) is 5.73 Å². The third-order valence-electron chi connectivity index (χ3n) is 2.30. The van der Waals surface area contributed by atoms with Crippen LogP contribution in [0, 0.1) is 0 Å². The van der Waals surface area contributed by atoms with E-state index >= 15 is 0 Å². The van der Waals surface area contributed by atoms with Crippen LogP contribution in [0.4, 0.5) is 18.9 Å². The molecule has 1 rings (SSSR count). The summed E-state index contributed by atoms with van der Waals surface area (Å²) in [6.45, 7) is 0.632. The molecule has 0 aliphatic carbocycles. The smallest absolute Gasteiger partial charge is 0.402 e. The van der Waals surface area contributed by atoms with Crippen molar-refractivity contribution in [2.45, 2.75) is 19.6 Å². The van der Waals surface area contributed by atoms with E-state index in [-0.39, 0.29) is 12.2 Å².